The second kappa shape index (κ2) is 14.4. The molecule has 7 nitrogen and oxygen atoms in total. The predicted molar refractivity (Wildman–Crippen MR) is 130 cm³/mol. The molecule has 0 unspecified atom stereocenters. The molecule has 2 rings (SSSR count). The lowest BCUT2D eigenvalue weighted by Gasteiger charge is -2.32. The summed E-state index contributed by atoms with van der Waals surface area (Å²) in [4.78, 5) is 18.1. The number of nitrogens with one attached hydrogen (secondary N) is 3. The molecular formula is C21H33F3IN5O2. The number of phenols is 1. The number of hydrogen-bond acceptors (Lipinski definition) is 4. The summed E-state index contributed by atoms with van der Waals surface area (Å²) in [7, 11) is 0. The number of hydrogen-bond donors (Lipinski definition) is 4. The molecule has 0 atom stereocenters. The van der Waals surface area contributed by atoms with Crippen molar-refractivity contribution in [1.82, 2.24) is 20.9 Å². The highest BCUT2D eigenvalue weighted by molar-refractivity contribution is 14.0. The van der Waals surface area contributed by atoms with Crippen LogP contribution in [0.2, 0.25) is 0 Å². The maximum absolute atomic E-state index is 12.5. The van der Waals surface area contributed by atoms with Gasteiger partial charge in [0.2, 0.25) is 0 Å². The van der Waals surface area contributed by atoms with Crippen molar-refractivity contribution < 1.29 is 23.1 Å². The summed E-state index contributed by atoms with van der Waals surface area (Å²) in [5.74, 6) is 0.605. The van der Waals surface area contributed by atoms with Crippen molar-refractivity contribution >= 4 is 35.8 Å². The molecule has 1 amide bonds. The number of piperidine rings is 1. The molecule has 0 aromatic heterocycles. The zero-order chi connectivity index (χ0) is 22.7. The lowest BCUT2D eigenvalue weighted by atomic mass is 9.93. The molecular weight excluding hydrogens is 538 g/mol. The van der Waals surface area contributed by atoms with Crippen molar-refractivity contribution in [3.05, 3.63) is 29.8 Å². The van der Waals surface area contributed by atoms with Crippen molar-refractivity contribution in [3.8, 4) is 5.75 Å². The molecule has 0 bridgehead atoms. The predicted octanol–water partition coefficient (Wildman–Crippen LogP) is 2.96. The summed E-state index contributed by atoms with van der Waals surface area (Å²) in [5.41, 5.74) is 0.226. The number of rotatable bonds is 9. The summed E-state index contributed by atoms with van der Waals surface area (Å²) >= 11 is 0. The maximum atomic E-state index is 12.5. The molecule has 1 fully saturated rings. The van der Waals surface area contributed by atoms with Gasteiger partial charge in [0.1, 0.15) is 5.75 Å². The first-order valence-electron chi connectivity index (χ1n) is 10.7. The molecule has 1 heterocycles. The quantitative estimate of drug-likeness (QED) is 0.159. The van der Waals surface area contributed by atoms with Crippen LogP contribution in [0.4, 0.5) is 13.2 Å². The number of phenolic OH excluding ortho intramolecular Hbond substituents is 1. The van der Waals surface area contributed by atoms with Crippen LogP contribution in [0.1, 0.15) is 36.5 Å². The van der Waals surface area contributed by atoms with E-state index in [-0.39, 0.29) is 41.2 Å². The highest BCUT2D eigenvalue weighted by Crippen LogP contribution is 2.24. The van der Waals surface area contributed by atoms with Crippen molar-refractivity contribution in [2.45, 2.75) is 32.4 Å². The summed E-state index contributed by atoms with van der Waals surface area (Å²) in [6.45, 7) is 4.16. The van der Waals surface area contributed by atoms with Crippen LogP contribution in [-0.4, -0.2) is 73.9 Å². The van der Waals surface area contributed by atoms with E-state index in [0.717, 1.165) is 19.3 Å². The van der Waals surface area contributed by atoms with E-state index in [4.69, 9.17) is 0 Å². The molecule has 4 N–H and O–H groups in total. The number of carbonyl (C=O) groups excluding carboxylic acids is 1. The molecule has 0 aliphatic carbocycles. The van der Waals surface area contributed by atoms with Crippen LogP contribution < -0.4 is 16.0 Å². The maximum Gasteiger partial charge on any atom is 0.401 e. The lowest BCUT2D eigenvalue weighted by molar-refractivity contribution is -0.148. The van der Waals surface area contributed by atoms with Crippen LogP contribution in [0, 0.1) is 5.92 Å². The van der Waals surface area contributed by atoms with Crippen molar-refractivity contribution in [3.63, 3.8) is 0 Å². The Bertz CT molecular complexity index is 726. The second-order valence-corrected chi connectivity index (χ2v) is 7.58. The van der Waals surface area contributed by atoms with E-state index >= 15 is 0 Å². The Balaban J connectivity index is 0.00000512. The van der Waals surface area contributed by atoms with Crippen LogP contribution in [-0.2, 0) is 0 Å². The van der Waals surface area contributed by atoms with E-state index < -0.39 is 12.7 Å². The van der Waals surface area contributed by atoms with E-state index in [2.05, 4.69) is 20.9 Å². The van der Waals surface area contributed by atoms with Gasteiger partial charge in [0.25, 0.3) is 5.91 Å². The molecule has 1 aromatic carbocycles. The third kappa shape index (κ3) is 10.7. The average Bonchev–Trinajstić information content (AvgIpc) is 2.71. The van der Waals surface area contributed by atoms with Crippen molar-refractivity contribution in [2.24, 2.45) is 10.9 Å². The van der Waals surface area contributed by atoms with Crippen LogP contribution >= 0.6 is 24.0 Å². The first-order chi connectivity index (χ1) is 14.8. The molecule has 1 aliphatic heterocycles. The van der Waals surface area contributed by atoms with Crippen LogP contribution in [0.25, 0.3) is 0 Å². The van der Waals surface area contributed by atoms with E-state index in [9.17, 15) is 23.1 Å². The van der Waals surface area contributed by atoms with Gasteiger partial charge < -0.3 is 21.1 Å². The minimum absolute atomic E-state index is 0. The van der Waals surface area contributed by atoms with Gasteiger partial charge >= 0.3 is 6.18 Å². The van der Waals surface area contributed by atoms with Gasteiger partial charge in [0.05, 0.1) is 12.1 Å². The number of halogens is 4. The van der Waals surface area contributed by atoms with Crippen molar-refractivity contribution in [2.75, 3.05) is 45.8 Å². The fourth-order valence-corrected chi connectivity index (χ4v) is 3.51. The largest absolute Gasteiger partial charge is 0.507 e. The topological polar surface area (TPSA) is 89.0 Å². The SMILES string of the molecule is CCNC(=NCCC1CCN(CC(F)(F)F)CC1)NCCNC(=O)c1ccccc1O.I. The molecule has 0 radical (unpaired) electrons. The van der Waals surface area contributed by atoms with Gasteiger partial charge in [0, 0.05) is 26.2 Å². The van der Waals surface area contributed by atoms with E-state index in [1.165, 1.54) is 11.0 Å². The van der Waals surface area contributed by atoms with Crippen molar-refractivity contribution in [1.29, 1.82) is 0 Å². The van der Waals surface area contributed by atoms with Gasteiger partial charge in [0.15, 0.2) is 5.96 Å². The summed E-state index contributed by atoms with van der Waals surface area (Å²) in [5, 5.41) is 18.7. The third-order valence-electron chi connectivity index (χ3n) is 5.11. The van der Waals surface area contributed by atoms with E-state index in [1.54, 1.807) is 18.2 Å². The molecule has 1 saturated heterocycles. The molecule has 1 aliphatic rings. The number of guanidine groups is 1. The van der Waals surface area contributed by atoms with Gasteiger partial charge in [-0.25, -0.2) is 0 Å². The van der Waals surface area contributed by atoms with E-state index in [1.807, 2.05) is 6.92 Å². The molecule has 0 saturated carbocycles. The first kappa shape index (κ1) is 28.3. The summed E-state index contributed by atoms with van der Waals surface area (Å²) in [6.07, 6.45) is -1.78. The molecule has 0 spiro atoms. The minimum atomic E-state index is -4.13. The Morgan fingerprint density at radius 2 is 1.81 bits per heavy atom. The molecule has 11 heteroatoms. The number of likely N-dealkylation sites (tertiary alicyclic amines) is 1. The van der Waals surface area contributed by atoms with Crippen LogP contribution in [0.5, 0.6) is 5.75 Å². The number of aliphatic imine (C=N–C) groups is 1. The fourth-order valence-electron chi connectivity index (χ4n) is 3.51. The lowest BCUT2D eigenvalue weighted by Crippen LogP contribution is -2.42. The van der Waals surface area contributed by atoms with Gasteiger partial charge in [-0.05, 0) is 57.3 Å². The Labute approximate surface area is 204 Å². The van der Waals surface area contributed by atoms with E-state index in [0.29, 0.717) is 51.1 Å². The van der Waals surface area contributed by atoms with Crippen LogP contribution in [0.3, 0.4) is 0 Å². The Kier molecular flexibility index (Phi) is 12.7. The zero-order valence-electron chi connectivity index (χ0n) is 18.2. The molecule has 182 valence electrons. The van der Waals surface area contributed by atoms with Crippen LogP contribution in [0.15, 0.2) is 29.3 Å². The van der Waals surface area contributed by atoms with Gasteiger partial charge in [-0.2, -0.15) is 13.2 Å². The Morgan fingerprint density at radius 1 is 1.16 bits per heavy atom. The number of para-hydroxylation sites is 1. The monoisotopic (exact) mass is 571 g/mol. The van der Waals surface area contributed by atoms with Gasteiger partial charge in [-0.1, -0.05) is 12.1 Å². The summed E-state index contributed by atoms with van der Waals surface area (Å²) in [6, 6.07) is 6.35. The number of alkyl halides is 3. The number of aromatic hydroxyl groups is 1. The number of benzene rings is 1. The van der Waals surface area contributed by atoms with Gasteiger partial charge in [-0.3, -0.25) is 14.7 Å². The Hall–Kier alpha value is -1.76. The number of amides is 1. The third-order valence-corrected chi connectivity index (χ3v) is 5.11. The smallest absolute Gasteiger partial charge is 0.401 e. The highest BCUT2D eigenvalue weighted by Gasteiger charge is 2.32. The Morgan fingerprint density at radius 3 is 2.44 bits per heavy atom. The normalized spacial score (nSPS) is 15.7. The minimum Gasteiger partial charge on any atom is -0.507 e. The highest BCUT2D eigenvalue weighted by atomic mass is 127. The number of carbonyl (C=O) groups is 1. The number of nitrogens with zero attached hydrogens (tertiary/aromatic N) is 2. The zero-order valence-corrected chi connectivity index (χ0v) is 20.6. The fraction of sp³-hybridized carbons (Fsp3) is 0.619. The second-order valence-electron chi connectivity index (χ2n) is 7.58. The molecule has 32 heavy (non-hydrogen) atoms. The standard InChI is InChI=1S/C21H32F3N5O2.HI/c1-2-25-20(28-12-11-26-19(31)17-5-3-4-6-18(17)30)27-10-7-16-8-13-29(14-9-16)15-21(22,23)24;/h3-6,16,30H,2,7-15H2,1H3,(H,26,31)(H2,25,27,28);1H. The first-order valence-corrected chi connectivity index (χ1v) is 10.7. The van der Waals surface area contributed by atoms with Gasteiger partial charge in [-0.15, -0.1) is 24.0 Å². The molecule has 1 aromatic rings. The summed E-state index contributed by atoms with van der Waals surface area (Å²) < 4.78 is 37.4. The average molecular weight is 571 g/mol.